The van der Waals surface area contributed by atoms with E-state index in [0.717, 1.165) is 44.7 Å². The van der Waals surface area contributed by atoms with Gasteiger partial charge in [0.25, 0.3) is 0 Å². The zero-order valence-corrected chi connectivity index (χ0v) is 22.4. The van der Waals surface area contributed by atoms with E-state index < -0.39 is 0 Å². The average molecular weight is 531 g/mol. The van der Waals surface area contributed by atoms with Gasteiger partial charge in [-0.2, -0.15) is 0 Å². The van der Waals surface area contributed by atoms with E-state index in [2.05, 4.69) is 97.4 Å². The van der Waals surface area contributed by atoms with E-state index in [4.69, 9.17) is 0 Å². The number of halogens is 1. The third-order valence-electron chi connectivity index (χ3n) is 6.22. The molecule has 3 aromatic rings. The van der Waals surface area contributed by atoms with Crippen molar-refractivity contribution in [1.29, 1.82) is 0 Å². The second-order valence-corrected chi connectivity index (χ2v) is 10.2. The molecular weight excluding hydrogens is 498 g/mol. The number of anilines is 2. The maximum Gasteiger partial charge on any atom is 0.187 e. The van der Waals surface area contributed by atoms with Gasteiger partial charge in [-0.25, -0.2) is 0 Å². The zero-order chi connectivity index (χ0) is 24.9. The van der Waals surface area contributed by atoms with Crippen molar-refractivity contribution in [2.24, 2.45) is 0 Å². The molecule has 0 radical (unpaired) electrons. The summed E-state index contributed by atoms with van der Waals surface area (Å²) >= 11 is 3.68. The number of benzene rings is 3. The van der Waals surface area contributed by atoms with Gasteiger partial charge in [-0.05, 0) is 59.2 Å². The van der Waals surface area contributed by atoms with Crippen LogP contribution < -0.4 is 9.80 Å². The third-order valence-corrected chi connectivity index (χ3v) is 7.00. The van der Waals surface area contributed by atoms with E-state index in [-0.39, 0.29) is 5.78 Å². The zero-order valence-electron chi connectivity index (χ0n) is 20.8. The molecule has 35 heavy (non-hydrogen) atoms. The molecule has 0 spiro atoms. The van der Waals surface area contributed by atoms with E-state index >= 15 is 0 Å². The molecule has 4 nitrogen and oxygen atoms in total. The molecule has 1 heterocycles. The maximum absolute atomic E-state index is 13.6. The molecule has 1 aliphatic heterocycles. The molecule has 180 valence electrons. The summed E-state index contributed by atoms with van der Waals surface area (Å²) in [5, 5.41) is 0. The molecular formula is C30H32BrN3O. The van der Waals surface area contributed by atoms with Crippen LogP contribution in [0.1, 0.15) is 16.7 Å². The van der Waals surface area contributed by atoms with Crippen molar-refractivity contribution in [2.45, 2.75) is 6.54 Å². The summed E-state index contributed by atoms with van der Waals surface area (Å²) in [7, 11) is 8.11. The minimum absolute atomic E-state index is 0.127. The first-order valence-electron chi connectivity index (χ1n) is 11.8. The van der Waals surface area contributed by atoms with E-state index in [1.165, 1.54) is 5.56 Å². The van der Waals surface area contributed by atoms with Gasteiger partial charge in [0.2, 0.25) is 0 Å². The van der Waals surface area contributed by atoms with Gasteiger partial charge < -0.3 is 9.80 Å². The minimum atomic E-state index is 0.127. The van der Waals surface area contributed by atoms with Gasteiger partial charge >= 0.3 is 0 Å². The Morgan fingerprint density at radius 3 is 1.63 bits per heavy atom. The predicted octanol–water partition coefficient (Wildman–Crippen LogP) is 6.13. The Bertz CT molecular complexity index is 1170. The maximum atomic E-state index is 13.6. The number of rotatable bonds is 6. The number of hydrogen-bond acceptors (Lipinski definition) is 4. The monoisotopic (exact) mass is 529 g/mol. The summed E-state index contributed by atoms with van der Waals surface area (Å²) in [5.41, 5.74) is 7.20. The van der Waals surface area contributed by atoms with Gasteiger partial charge in [0, 0.05) is 74.8 Å². The van der Waals surface area contributed by atoms with Crippen LogP contribution >= 0.6 is 15.9 Å². The van der Waals surface area contributed by atoms with Gasteiger partial charge in [0.1, 0.15) is 0 Å². The van der Waals surface area contributed by atoms with Crippen molar-refractivity contribution in [1.82, 2.24) is 4.90 Å². The number of nitrogens with zero attached hydrogens (tertiary/aromatic N) is 3. The molecule has 0 aromatic heterocycles. The molecule has 1 fully saturated rings. The lowest BCUT2D eigenvalue weighted by molar-refractivity contribution is -0.113. The molecule has 0 unspecified atom stereocenters. The van der Waals surface area contributed by atoms with E-state index in [1.807, 2.05) is 46.4 Å². The fraction of sp³-hybridized carbons (Fsp3) is 0.233. The Labute approximate surface area is 217 Å². The van der Waals surface area contributed by atoms with Crippen LogP contribution in [0.5, 0.6) is 0 Å². The van der Waals surface area contributed by atoms with Crippen molar-refractivity contribution in [2.75, 3.05) is 51.1 Å². The summed E-state index contributed by atoms with van der Waals surface area (Å²) < 4.78 is 1.09. The number of carbonyl (C=O) groups is 1. The quantitative estimate of drug-likeness (QED) is 0.358. The van der Waals surface area contributed by atoms with Gasteiger partial charge in [0.15, 0.2) is 5.78 Å². The highest BCUT2D eigenvalue weighted by atomic mass is 79.9. The number of carbonyl (C=O) groups excluding carboxylic acids is 1. The van der Waals surface area contributed by atoms with Gasteiger partial charge in [-0.15, -0.1) is 0 Å². The molecule has 0 N–H and O–H groups in total. The second-order valence-electron chi connectivity index (χ2n) is 9.38. The van der Waals surface area contributed by atoms with E-state index in [0.29, 0.717) is 13.1 Å². The summed E-state index contributed by atoms with van der Waals surface area (Å²) in [5.74, 6) is 0.127. The molecule has 0 amide bonds. The van der Waals surface area contributed by atoms with Crippen molar-refractivity contribution >= 4 is 45.2 Å². The minimum Gasteiger partial charge on any atom is -0.378 e. The number of Topliss-reactive ketones (excluding diaryl/α,β-unsaturated/α-hetero) is 1. The van der Waals surface area contributed by atoms with Crippen LogP contribution in [0.4, 0.5) is 11.4 Å². The van der Waals surface area contributed by atoms with Crippen LogP contribution in [-0.4, -0.2) is 52.0 Å². The molecule has 4 rings (SSSR count). The number of hydrogen-bond donors (Lipinski definition) is 0. The first-order valence-corrected chi connectivity index (χ1v) is 12.6. The predicted molar refractivity (Wildman–Crippen MR) is 152 cm³/mol. The third kappa shape index (κ3) is 6.30. The molecule has 0 saturated carbocycles. The Hall–Kier alpha value is -3.15. The highest BCUT2D eigenvalue weighted by molar-refractivity contribution is 9.10. The molecule has 1 saturated heterocycles. The van der Waals surface area contributed by atoms with Gasteiger partial charge in [-0.3, -0.25) is 9.69 Å². The van der Waals surface area contributed by atoms with E-state index in [1.54, 1.807) is 0 Å². The normalized spacial score (nSPS) is 16.7. The Kier molecular flexibility index (Phi) is 7.89. The van der Waals surface area contributed by atoms with Crippen LogP contribution in [0, 0.1) is 0 Å². The molecule has 1 aliphatic rings. The lowest BCUT2D eigenvalue weighted by Gasteiger charge is -2.30. The van der Waals surface area contributed by atoms with Crippen LogP contribution in [0.3, 0.4) is 0 Å². The summed E-state index contributed by atoms with van der Waals surface area (Å²) in [4.78, 5) is 20.0. The average Bonchev–Trinajstić information content (AvgIpc) is 2.84. The SMILES string of the molecule is CN(C)c1ccc(C=C2CN(Cc3ccccc3Br)CC(=Cc3ccc(N(C)C)cc3)C2=O)cc1. The molecule has 3 aromatic carbocycles. The highest BCUT2D eigenvalue weighted by Crippen LogP contribution is 2.26. The van der Waals surface area contributed by atoms with Crippen LogP contribution in [0.15, 0.2) is 88.4 Å². The van der Waals surface area contributed by atoms with Crippen molar-refractivity contribution in [3.05, 3.63) is 105 Å². The van der Waals surface area contributed by atoms with Crippen LogP contribution in [0.2, 0.25) is 0 Å². The first kappa shape index (κ1) is 25.0. The second kappa shape index (κ2) is 11.1. The summed E-state index contributed by atoms with van der Waals surface area (Å²) in [6, 6.07) is 24.9. The molecule has 0 atom stereocenters. The molecule has 5 heteroatoms. The largest absolute Gasteiger partial charge is 0.378 e. The van der Waals surface area contributed by atoms with Crippen molar-refractivity contribution in [3.63, 3.8) is 0 Å². The van der Waals surface area contributed by atoms with Gasteiger partial charge in [0.05, 0.1) is 0 Å². The van der Waals surface area contributed by atoms with E-state index in [9.17, 15) is 4.79 Å². The number of likely N-dealkylation sites (tertiary alicyclic amines) is 1. The van der Waals surface area contributed by atoms with Gasteiger partial charge in [-0.1, -0.05) is 58.4 Å². The smallest absolute Gasteiger partial charge is 0.187 e. The van der Waals surface area contributed by atoms with Crippen LogP contribution in [-0.2, 0) is 11.3 Å². The Morgan fingerprint density at radius 2 is 1.20 bits per heavy atom. The first-order chi connectivity index (χ1) is 16.8. The fourth-order valence-corrected chi connectivity index (χ4v) is 4.64. The summed E-state index contributed by atoms with van der Waals surface area (Å²) in [6.07, 6.45) is 4.08. The van der Waals surface area contributed by atoms with Crippen molar-refractivity contribution < 1.29 is 4.79 Å². The Morgan fingerprint density at radius 1 is 0.743 bits per heavy atom. The fourth-order valence-electron chi connectivity index (χ4n) is 4.23. The standard InChI is InChI=1S/C30H32BrN3O/c1-32(2)27-13-9-22(10-14-27)17-25-20-34(19-24-7-5-6-8-29(24)31)21-26(30(25)35)18-23-11-15-28(16-12-23)33(3)4/h5-18H,19-21H2,1-4H3. The topological polar surface area (TPSA) is 26.8 Å². The van der Waals surface area contributed by atoms with Crippen LogP contribution in [0.25, 0.3) is 12.2 Å². The molecule has 0 bridgehead atoms. The number of ketones is 1. The van der Waals surface area contributed by atoms with Crippen molar-refractivity contribution in [3.8, 4) is 0 Å². The summed E-state index contributed by atoms with van der Waals surface area (Å²) in [6.45, 7) is 2.00. The Balaban J connectivity index is 1.66. The lowest BCUT2D eigenvalue weighted by Crippen LogP contribution is -2.37. The number of piperidine rings is 1. The molecule has 0 aliphatic carbocycles. The lowest BCUT2D eigenvalue weighted by atomic mass is 9.93. The highest BCUT2D eigenvalue weighted by Gasteiger charge is 2.26.